The number of hydrogen-bond acceptors (Lipinski definition) is 6. The Labute approximate surface area is 167 Å². The van der Waals surface area contributed by atoms with Crippen molar-refractivity contribution < 1.29 is 4.74 Å². The maximum atomic E-state index is 5.37. The minimum Gasteiger partial charge on any atom is -0.497 e. The van der Waals surface area contributed by atoms with Gasteiger partial charge in [0.1, 0.15) is 11.6 Å². The van der Waals surface area contributed by atoms with Crippen molar-refractivity contribution in [3.63, 3.8) is 0 Å². The molecule has 0 aliphatic carbocycles. The first-order valence-electron chi connectivity index (χ1n) is 8.90. The summed E-state index contributed by atoms with van der Waals surface area (Å²) in [6, 6.07) is 18.2. The van der Waals surface area contributed by atoms with Crippen LogP contribution in [0.15, 0.2) is 65.2 Å². The topological polar surface area (TPSA) is 59.4 Å². The molecule has 0 aliphatic heterocycles. The highest BCUT2D eigenvalue weighted by Gasteiger charge is 2.10. The summed E-state index contributed by atoms with van der Waals surface area (Å²) in [4.78, 5) is 10.1. The van der Waals surface area contributed by atoms with Crippen LogP contribution in [0.2, 0.25) is 0 Å². The number of pyridine rings is 1. The Morgan fingerprint density at radius 3 is 2.64 bits per heavy atom. The third-order valence-electron chi connectivity index (χ3n) is 4.51. The molecule has 0 saturated heterocycles. The number of hydrazone groups is 1. The molecule has 2 heterocycles. The Morgan fingerprint density at radius 1 is 1.11 bits per heavy atom. The summed E-state index contributed by atoms with van der Waals surface area (Å²) >= 11 is 1.58. The lowest BCUT2D eigenvalue weighted by Gasteiger charge is -2.11. The summed E-state index contributed by atoms with van der Waals surface area (Å²) in [6.45, 7) is 3.95. The maximum Gasteiger partial charge on any atom is 0.147 e. The van der Waals surface area contributed by atoms with Crippen LogP contribution in [0.1, 0.15) is 17.5 Å². The van der Waals surface area contributed by atoms with Crippen molar-refractivity contribution in [2.45, 2.75) is 13.8 Å². The van der Waals surface area contributed by atoms with Crippen molar-refractivity contribution in [3.05, 3.63) is 70.7 Å². The molecular weight excluding hydrogens is 368 g/mol. The summed E-state index contributed by atoms with van der Waals surface area (Å²) in [5, 5.41) is 5.59. The second-order valence-electron chi connectivity index (χ2n) is 6.38. The Hall–Kier alpha value is -3.25. The molecular formula is C22H20N4OS. The highest BCUT2D eigenvalue weighted by molar-refractivity contribution is 7.12. The maximum absolute atomic E-state index is 5.37. The van der Waals surface area contributed by atoms with Crippen LogP contribution in [0.25, 0.3) is 22.0 Å². The van der Waals surface area contributed by atoms with E-state index < -0.39 is 0 Å². The highest BCUT2D eigenvalue weighted by atomic mass is 32.1. The van der Waals surface area contributed by atoms with Gasteiger partial charge in [0.05, 0.1) is 34.4 Å². The number of hydrogen-bond donors (Lipinski definition) is 1. The molecule has 0 unspecified atom stereocenters. The lowest BCUT2D eigenvalue weighted by atomic mass is 10.0. The molecule has 0 fully saturated rings. The van der Waals surface area contributed by atoms with Crippen LogP contribution in [0.3, 0.4) is 0 Å². The number of nitrogens with zero attached hydrogens (tertiary/aromatic N) is 3. The van der Waals surface area contributed by atoms with Crippen LogP contribution in [-0.4, -0.2) is 22.8 Å². The number of nitrogens with one attached hydrogen (secondary N) is 1. The van der Waals surface area contributed by atoms with Gasteiger partial charge in [-0.2, -0.15) is 5.10 Å². The Bertz CT molecular complexity index is 1150. The third kappa shape index (κ3) is 3.59. The van der Waals surface area contributed by atoms with E-state index in [9.17, 15) is 0 Å². The minimum atomic E-state index is 0.682. The number of benzene rings is 2. The fraction of sp³-hybridized carbons (Fsp3) is 0.136. The second-order valence-corrected chi connectivity index (χ2v) is 7.23. The van der Waals surface area contributed by atoms with E-state index in [-0.39, 0.29) is 0 Å². The molecule has 5 nitrogen and oxygen atoms in total. The first-order valence-corrected chi connectivity index (χ1v) is 9.78. The number of fused-ring (bicyclic) bond motifs is 1. The highest BCUT2D eigenvalue weighted by Crippen LogP contribution is 2.32. The number of aryl methyl sites for hydroxylation is 1. The van der Waals surface area contributed by atoms with Gasteiger partial charge in [0, 0.05) is 11.5 Å². The van der Waals surface area contributed by atoms with Crippen LogP contribution in [0.4, 0.5) is 5.82 Å². The lowest BCUT2D eigenvalue weighted by Crippen LogP contribution is -2.01. The molecule has 2 aromatic heterocycles. The van der Waals surface area contributed by atoms with Gasteiger partial charge in [-0.25, -0.2) is 9.97 Å². The molecule has 0 saturated carbocycles. The molecule has 0 spiro atoms. The summed E-state index contributed by atoms with van der Waals surface area (Å²) in [5.74, 6) is 1.46. The number of aromatic nitrogens is 2. The molecule has 0 radical (unpaired) electrons. The van der Waals surface area contributed by atoms with E-state index in [1.54, 1.807) is 18.4 Å². The van der Waals surface area contributed by atoms with Crippen molar-refractivity contribution >= 4 is 33.8 Å². The predicted molar refractivity (Wildman–Crippen MR) is 116 cm³/mol. The van der Waals surface area contributed by atoms with Crippen molar-refractivity contribution in [2.75, 3.05) is 12.5 Å². The Balaban J connectivity index is 1.79. The van der Waals surface area contributed by atoms with Crippen LogP contribution < -0.4 is 10.2 Å². The molecule has 0 atom stereocenters. The number of ether oxygens (including phenoxy) is 1. The van der Waals surface area contributed by atoms with Gasteiger partial charge >= 0.3 is 0 Å². The van der Waals surface area contributed by atoms with Crippen molar-refractivity contribution in [1.29, 1.82) is 0 Å². The van der Waals surface area contributed by atoms with E-state index in [0.29, 0.717) is 5.82 Å². The first-order chi connectivity index (χ1) is 13.7. The zero-order valence-corrected chi connectivity index (χ0v) is 16.7. The van der Waals surface area contributed by atoms with Gasteiger partial charge in [0.2, 0.25) is 0 Å². The number of methoxy groups -OCH3 is 1. The first kappa shape index (κ1) is 18.1. The minimum absolute atomic E-state index is 0.682. The van der Waals surface area contributed by atoms with Gasteiger partial charge in [0.15, 0.2) is 0 Å². The van der Waals surface area contributed by atoms with Gasteiger partial charge < -0.3 is 4.74 Å². The smallest absolute Gasteiger partial charge is 0.147 e. The third-order valence-corrected chi connectivity index (χ3v) is 5.55. The number of rotatable bonds is 5. The molecule has 0 amide bonds. The Morgan fingerprint density at radius 2 is 1.93 bits per heavy atom. The monoisotopic (exact) mass is 388 g/mol. The molecule has 4 rings (SSSR count). The van der Waals surface area contributed by atoms with E-state index in [0.717, 1.165) is 44.1 Å². The molecule has 28 heavy (non-hydrogen) atoms. The fourth-order valence-electron chi connectivity index (χ4n) is 3.09. The number of anilines is 1. The van der Waals surface area contributed by atoms with E-state index in [2.05, 4.69) is 27.6 Å². The van der Waals surface area contributed by atoms with Crippen molar-refractivity contribution in [2.24, 2.45) is 5.10 Å². The lowest BCUT2D eigenvalue weighted by molar-refractivity contribution is 0.415. The van der Waals surface area contributed by atoms with Crippen LogP contribution in [0.5, 0.6) is 5.75 Å². The quantitative estimate of drug-likeness (QED) is 0.362. The molecule has 6 heteroatoms. The van der Waals surface area contributed by atoms with E-state index in [1.165, 1.54) is 0 Å². The molecule has 2 aromatic carbocycles. The van der Waals surface area contributed by atoms with Gasteiger partial charge in [-0.05, 0) is 43.2 Å². The second kappa shape index (κ2) is 7.78. The van der Waals surface area contributed by atoms with Crippen molar-refractivity contribution in [1.82, 2.24) is 9.97 Å². The van der Waals surface area contributed by atoms with E-state index in [4.69, 9.17) is 9.72 Å². The fourth-order valence-corrected chi connectivity index (χ4v) is 3.85. The molecule has 1 N–H and O–H groups in total. The van der Waals surface area contributed by atoms with Gasteiger partial charge in [-0.15, -0.1) is 11.3 Å². The molecule has 4 aromatic rings. The summed E-state index contributed by atoms with van der Waals surface area (Å²) in [7, 11) is 1.66. The zero-order valence-electron chi connectivity index (χ0n) is 15.9. The standard InChI is InChI=1S/C22H20N4OS/c1-14-22(28-13-23-14)15(2)25-26-21-12-19(16-7-5-4-6-8-16)18-10-9-17(27-3)11-20(18)24-21/h4-13H,1-3H3,(H,24,26)/b25-15+. The normalized spacial score (nSPS) is 11.6. The molecule has 0 bridgehead atoms. The van der Waals surface area contributed by atoms with Crippen LogP contribution in [0, 0.1) is 6.92 Å². The largest absolute Gasteiger partial charge is 0.497 e. The molecule has 140 valence electrons. The summed E-state index contributed by atoms with van der Waals surface area (Å²) < 4.78 is 5.37. The average Bonchev–Trinajstić information content (AvgIpc) is 3.17. The predicted octanol–water partition coefficient (Wildman–Crippen LogP) is 5.51. The molecule has 0 aliphatic rings. The Kier molecular flexibility index (Phi) is 5.04. The average molecular weight is 388 g/mol. The van der Waals surface area contributed by atoms with Gasteiger partial charge in [0.25, 0.3) is 0 Å². The SMILES string of the molecule is COc1ccc2c(-c3ccccc3)cc(N/N=C(\C)c3scnc3C)nc2c1. The summed E-state index contributed by atoms with van der Waals surface area (Å²) in [5.41, 5.74) is 9.88. The van der Waals surface area contributed by atoms with E-state index in [1.807, 2.05) is 61.8 Å². The van der Waals surface area contributed by atoms with Gasteiger partial charge in [-0.1, -0.05) is 30.3 Å². The van der Waals surface area contributed by atoms with Crippen LogP contribution >= 0.6 is 11.3 Å². The zero-order chi connectivity index (χ0) is 19.5. The van der Waals surface area contributed by atoms with Crippen LogP contribution in [-0.2, 0) is 0 Å². The number of thiazole rings is 1. The van der Waals surface area contributed by atoms with E-state index >= 15 is 0 Å². The van der Waals surface area contributed by atoms with Crippen molar-refractivity contribution in [3.8, 4) is 16.9 Å². The summed E-state index contributed by atoms with van der Waals surface area (Å²) in [6.07, 6.45) is 0. The van der Waals surface area contributed by atoms with Gasteiger partial charge in [-0.3, -0.25) is 5.43 Å².